The lowest BCUT2D eigenvalue weighted by Gasteiger charge is -2.45. The predicted molar refractivity (Wildman–Crippen MR) is 70.7 cm³/mol. The third kappa shape index (κ3) is 2.52. The molecule has 100 valence electrons. The molecule has 3 aliphatic rings. The fourth-order valence-electron chi connectivity index (χ4n) is 3.09. The molecule has 3 saturated heterocycles. The van der Waals surface area contributed by atoms with Crippen LogP contribution in [0.2, 0.25) is 0 Å². The first-order valence-corrected chi connectivity index (χ1v) is 6.85. The molecule has 1 N–H and O–H groups in total. The second-order valence-electron chi connectivity index (χ2n) is 5.37. The van der Waals surface area contributed by atoms with Crippen molar-refractivity contribution in [3.05, 3.63) is 12.4 Å². The number of nitrogens with zero attached hydrogens (tertiary/aromatic N) is 3. The van der Waals surface area contributed by atoms with Gasteiger partial charge in [-0.1, -0.05) is 0 Å². The summed E-state index contributed by atoms with van der Waals surface area (Å²) in [6, 6.07) is 0.604. The zero-order valence-electron chi connectivity index (χ0n) is 11.0. The van der Waals surface area contributed by atoms with E-state index in [4.69, 9.17) is 4.74 Å². The molecule has 0 aliphatic carbocycles. The van der Waals surface area contributed by atoms with Crippen molar-refractivity contribution < 1.29 is 4.74 Å². The van der Waals surface area contributed by atoms with Crippen LogP contribution in [0, 0.1) is 5.92 Å². The fraction of sp³-hybridized carbons (Fsp3) is 0.769. The number of fused-ring (bicyclic) bond motifs is 3. The van der Waals surface area contributed by atoms with E-state index in [-0.39, 0.29) is 0 Å². The molecule has 1 atom stereocenters. The molecule has 1 unspecified atom stereocenters. The van der Waals surface area contributed by atoms with Crippen molar-refractivity contribution in [2.24, 2.45) is 5.92 Å². The monoisotopic (exact) mass is 250 g/mol. The molecule has 18 heavy (non-hydrogen) atoms. The average molecular weight is 250 g/mol. The number of nitrogens with one attached hydrogen (secondary N) is 1. The van der Waals surface area contributed by atoms with Gasteiger partial charge in [0, 0.05) is 25.9 Å². The molecule has 0 radical (unpaired) electrons. The molecule has 1 aromatic heterocycles. The highest BCUT2D eigenvalue weighted by Crippen LogP contribution is 2.29. The summed E-state index contributed by atoms with van der Waals surface area (Å²) in [6.45, 7) is 5.29. The summed E-state index contributed by atoms with van der Waals surface area (Å²) in [6.07, 6.45) is 6.69. The van der Waals surface area contributed by atoms with Gasteiger partial charge in [-0.2, -0.15) is 5.10 Å². The topological polar surface area (TPSA) is 42.3 Å². The van der Waals surface area contributed by atoms with E-state index in [2.05, 4.69) is 21.5 Å². The molecule has 0 spiro atoms. The van der Waals surface area contributed by atoms with Gasteiger partial charge in [0.15, 0.2) is 0 Å². The van der Waals surface area contributed by atoms with Gasteiger partial charge in [0.05, 0.1) is 25.0 Å². The Bertz CT molecular complexity index is 384. The maximum absolute atomic E-state index is 5.06. The molecule has 1 aromatic rings. The first-order chi connectivity index (χ1) is 8.85. The normalized spacial score (nSPS) is 30.6. The first-order valence-electron chi connectivity index (χ1n) is 6.85. The van der Waals surface area contributed by atoms with Gasteiger partial charge < -0.3 is 15.0 Å². The van der Waals surface area contributed by atoms with Crippen LogP contribution in [0.25, 0.3) is 0 Å². The molecular weight excluding hydrogens is 228 g/mol. The van der Waals surface area contributed by atoms with E-state index in [1.165, 1.54) is 32.5 Å². The highest BCUT2D eigenvalue weighted by molar-refractivity contribution is 5.40. The molecule has 2 bridgehead atoms. The Morgan fingerprint density at radius 2 is 2.28 bits per heavy atom. The lowest BCUT2D eigenvalue weighted by molar-refractivity contribution is 0.0975. The van der Waals surface area contributed by atoms with Crippen LogP contribution >= 0.6 is 0 Å². The molecule has 3 fully saturated rings. The molecule has 5 nitrogen and oxygen atoms in total. The highest BCUT2D eigenvalue weighted by Gasteiger charge is 2.33. The van der Waals surface area contributed by atoms with Crippen LogP contribution in [0.1, 0.15) is 12.8 Å². The summed E-state index contributed by atoms with van der Waals surface area (Å²) in [5.41, 5.74) is 1.14. The average Bonchev–Trinajstić information content (AvgIpc) is 2.85. The summed E-state index contributed by atoms with van der Waals surface area (Å²) in [5, 5.41) is 7.99. The largest absolute Gasteiger partial charge is 0.383 e. The van der Waals surface area contributed by atoms with E-state index in [1.807, 2.05) is 10.9 Å². The van der Waals surface area contributed by atoms with Crippen LogP contribution in [0.3, 0.4) is 0 Å². The number of ether oxygens (including phenoxy) is 1. The zero-order chi connectivity index (χ0) is 12.4. The Balaban J connectivity index is 1.57. The van der Waals surface area contributed by atoms with Crippen LogP contribution in [0.15, 0.2) is 12.4 Å². The van der Waals surface area contributed by atoms with E-state index in [1.54, 1.807) is 7.11 Å². The van der Waals surface area contributed by atoms with Gasteiger partial charge in [0.2, 0.25) is 0 Å². The smallest absolute Gasteiger partial charge is 0.0729 e. The quantitative estimate of drug-likeness (QED) is 0.848. The molecule has 0 amide bonds. The standard InChI is InChI=1S/C13H22N4O/c1-18-7-6-17-9-12(8-14-17)15-13-10-16-4-2-11(13)3-5-16/h8-9,11,13,15H,2-7,10H2,1H3. The van der Waals surface area contributed by atoms with Crippen molar-refractivity contribution in [3.63, 3.8) is 0 Å². The van der Waals surface area contributed by atoms with Gasteiger partial charge in [-0.3, -0.25) is 4.68 Å². The number of anilines is 1. The van der Waals surface area contributed by atoms with Crippen molar-refractivity contribution in [1.82, 2.24) is 14.7 Å². The minimum absolute atomic E-state index is 0.604. The van der Waals surface area contributed by atoms with Crippen molar-refractivity contribution in [3.8, 4) is 0 Å². The molecule has 5 heteroatoms. The Morgan fingerprint density at radius 1 is 1.44 bits per heavy atom. The second kappa shape index (κ2) is 5.28. The first kappa shape index (κ1) is 12.0. The van der Waals surface area contributed by atoms with Crippen molar-refractivity contribution in [2.75, 3.05) is 38.7 Å². The summed E-state index contributed by atoms with van der Waals surface area (Å²) in [4.78, 5) is 2.56. The van der Waals surface area contributed by atoms with E-state index >= 15 is 0 Å². The number of hydrogen-bond donors (Lipinski definition) is 1. The Morgan fingerprint density at radius 3 is 2.94 bits per heavy atom. The molecule has 3 aliphatic heterocycles. The zero-order valence-corrected chi connectivity index (χ0v) is 11.0. The summed E-state index contributed by atoms with van der Waals surface area (Å²) >= 11 is 0. The number of rotatable bonds is 5. The van der Waals surface area contributed by atoms with Gasteiger partial charge in [-0.15, -0.1) is 0 Å². The van der Waals surface area contributed by atoms with E-state index in [9.17, 15) is 0 Å². The van der Waals surface area contributed by atoms with E-state index in [0.717, 1.165) is 18.2 Å². The van der Waals surface area contributed by atoms with Crippen molar-refractivity contribution in [2.45, 2.75) is 25.4 Å². The SMILES string of the molecule is COCCn1cc(NC2CN3CCC2CC3)cn1. The van der Waals surface area contributed by atoms with Crippen LogP contribution in [0.4, 0.5) is 5.69 Å². The van der Waals surface area contributed by atoms with Crippen molar-refractivity contribution in [1.29, 1.82) is 0 Å². The van der Waals surface area contributed by atoms with Crippen LogP contribution in [-0.4, -0.2) is 54.1 Å². The van der Waals surface area contributed by atoms with Crippen molar-refractivity contribution >= 4 is 5.69 Å². The minimum atomic E-state index is 0.604. The van der Waals surface area contributed by atoms with Crippen LogP contribution in [0.5, 0.6) is 0 Å². The maximum Gasteiger partial charge on any atom is 0.0729 e. The van der Waals surface area contributed by atoms with E-state index in [0.29, 0.717) is 12.6 Å². The number of aromatic nitrogens is 2. The predicted octanol–water partition coefficient (Wildman–Crippen LogP) is 1.04. The summed E-state index contributed by atoms with van der Waals surface area (Å²) in [7, 11) is 1.72. The lowest BCUT2D eigenvalue weighted by Crippen LogP contribution is -2.53. The Kier molecular flexibility index (Phi) is 3.52. The van der Waals surface area contributed by atoms with Gasteiger partial charge in [-0.05, 0) is 31.8 Å². The third-order valence-corrected chi connectivity index (χ3v) is 4.17. The van der Waals surface area contributed by atoms with Gasteiger partial charge in [0.25, 0.3) is 0 Å². The lowest BCUT2D eigenvalue weighted by atomic mass is 9.84. The van der Waals surface area contributed by atoms with Crippen LogP contribution < -0.4 is 5.32 Å². The number of piperidine rings is 3. The summed E-state index contributed by atoms with van der Waals surface area (Å²) < 4.78 is 7.00. The van der Waals surface area contributed by atoms with Gasteiger partial charge in [0.1, 0.15) is 0 Å². The summed E-state index contributed by atoms with van der Waals surface area (Å²) in [5.74, 6) is 0.845. The number of methoxy groups -OCH3 is 1. The van der Waals surface area contributed by atoms with Gasteiger partial charge >= 0.3 is 0 Å². The second-order valence-corrected chi connectivity index (χ2v) is 5.37. The molecule has 4 rings (SSSR count). The number of hydrogen-bond acceptors (Lipinski definition) is 4. The third-order valence-electron chi connectivity index (χ3n) is 4.17. The van der Waals surface area contributed by atoms with E-state index < -0.39 is 0 Å². The molecule has 0 saturated carbocycles. The van der Waals surface area contributed by atoms with Crippen LogP contribution in [-0.2, 0) is 11.3 Å². The molecule has 0 aromatic carbocycles. The highest BCUT2D eigenvalue weighted by atomic mass is 16.5. The minimum Gasteiger partial charge on any atom is -0.383 e. The Hall–Kier alpha value is -1.07. The van der Waals surface area contributed by atoms with Gasteiger partial charge in [-0.25, -0.2) is 0 Å². The molecule has 4 heterocycles. The fourth-order valence-corrected chi connectivity index (χ4v) is 3.09. The Labute approximate surface area is 108 Å². The molecular formula is C13H22N4O. The maximum atomic E-state index is 5.06.